The summed E-state index contributed by atoms with van der Waals surface area (Å²) in [5, 5.41) is 3.06. The number of benzene rings is 1. The highest BCUT2D eigenvalue weighted by molar-refractivity contribution is 5.49. The molecule has 1 heterocycles. The maximum absolute atomic E-state index is 14.4. The van der Waals surface area contributed by atoms with E-state index in [0.29, 0.717) is 12.0 Å². The molecule has 2 rings (SSSR count). The van der Waals surface area contributed by atoms with Gasteiger partial charge in [-0.1, -0.05) is 26.8 Å². The average molecular weight is 292 g/mol. The standard InChI is InChI=1S/C18H29FN2/c1-18(2,3)15-6-5-10-21(11-9-15)17-8-7-14(13-20-4)12-16(17)19/h7-8,12,15,20H,5-6,9-11,13H2,1-4H3. The monoisotopic (exact) mass is 292 g/mol. The lowest BCUT2D eigenvalue weighted by Crippen LogP contribution is -2.26. The molecule has 118 valence electrons. The molecule has 3 heteroatoms. The van der Waals surface area contributed by atoms with Gasteiger partial charge in [0.25, 0.3) is 0 Å². The minimum absolute atomic E-state index is 0.0861. The van der Waals surface area contributed by atoms with Crippen molar-refractivity contribution in [2.24, 2.45) is 11.3 Å². The first kappa shape index (κ1) is 16.3. The van der Waals surface area contributed by atoms with Crippen LogP contribution in [0.3, 0.4) is 0 Å². The first-order valence-electron chi connectivity index (χ1n) is 8.10. The van der Waals surface area contributed by atoms with Gasteiger partial charge in [-0.05, 0) is 55.3 Å². The van der Waals surface area contributed by atoms with Crippen molar-refractivity contribution >= 4 is 5.69 Å². The van der Waals surface area contributed by atoms with Crippen LogP contribution in [0.15, 0.2) is 18.2 Å². The molecule has 1 aromatic rings. The molecular formula is C18H29FN2. The van der Waals surface area contributed by atoms with Crippen LogP contribution in [0.4, 0.5) is 10.1 Å². The number of nitrogens with one attached hydrogen (secondary N) is 1. The van der Waals surface area contributed by atoms with E-state index < -0.39 is 0 Å². The lowest BCUT2D eigenvalue weighted by molar-refractivity contribution is 0.220. The lowest BCUT2D eigenvalue weighted by Gasteiger charge is -2.30. The van der Waals surface area contributed by atoms with E-state index in [1.807, 2.05) is 19.2 Å². The molecule has 0 aliphatic carbocycles. The Hall–Kier alpha value is -1.09. The second kappa shape index (κ2) is 6.78. The van der Waals surface area contributed by atoms with Gasteiger partial charge in [-0.25, -0.2) is 4.39 Å². The Morgan fingerprint density at radius 1 is 1.24 bits per heavy atom. The summed E-state index contributed by atoms with van der Waals surface area (Å²) in [6.07, 6.45) is 3.56. The van der Waals surface area contributed by atoms with E-state index >= 15 is 0 Å². The molecule has 1 N–H and O–H groups in total. The molecule has 0 amide bonds. The zero-order valence-electron chi connectivity index (χ0n) is 13.9. The van der Waals surface area contributed by atoms with Crippen LogP contribution >= 0.6 is 0 Å². The summed E-state index contributed by atoms with van der Waals surface area (Å²) < 4.78 is 14.4. The Bertz CT molecular complexity index is 465. The van der Waals surface area contributed by atoms with Crippen LogP contribution in [-0.4, -0.2) is 20.1 Å². The van der Waals surface area contributed by atoms with E-state index in [1.54, 1.807) is 6.07 Å². The summed E-state index contributed by atoms with van der Waals surface area (Å²) in [5.41, 5.74) is 2.12. The van der Waals surface area contributed by atoms with Crippen molar-refractivity contribution in [1.82, 2.24) is 5.32 Å². The zero-order chi connectivity index (χ0) is 15.5. The van der Waals surface area contributed by atoms with E-state index in [2.05, 4.69) is 31.0 Å². The smallest absolute Gasteiger partial charge is 0.146 e. The molecule has 1 unspecified atom stereocenters. The van der Waals surface area contributed by atoms with Crippen molar-refractivity contribution in [2.45, 2.75) is 46.6 Å². The van der Waals surface area contributed by atoms with Crippen molar-refractivity contribution in [3.05, 3.63) is 29.6 Å². The van der Waals surface area contributed by atoms with Gasteiger partial charge in [-0.15, -0.1) is 0 Å². The van der Waals surface area contributed by atoms with E-state index in [4.69, 9.17) is 0 Å². The van der Waals surface area contributed by atoms with Crippen molar-refractivity contribution < 1.29 is 4.39 Å². The molecule has 0 aromatic heterocycles. The first-order chi connectivity index (χ1) is 9.91. The maximum atomic E-state index is 14.4. The number of hydrogen-bond acceptors (Lipinski definition) is 2. The molecule has 2 nitrogen and oxygen atoms in total. The maximum Gasteiger partial charge on any atom is 0.146 e. The van der Waals surface area contributed by atoms with Gasteiger partial charge in [0.05, 0.1) is 5.69 Å². The molecule has 0 bridgehead atoms. The number of halogens is 1. The van der Waals surface area contributed by atoms with Crippen molar-refractivity contribution in [3.8, 4) is 0 Å². The Morgan fingerprint density at radius 3 is 2.62 bits per heavy atom. The van der Waals surface area contributed by atoms with Crippen LogP contribution < -0.4 is 10.2 Å². The highest BCUT2D eigenvalue weighted by Crippen LogP contribution is 2.35. The quantitative estimate of drug-likeness (QED) is 0.898. The fraction of sp³-hybridized carbons (Fsp3) is 0.667. The molecular weight excluding hydrogens is 263 g/mol. The molecule has 0 saturated carbocycles. The average Bonchev–Trinajstić information content (AvgIpc) is 2.64. The lowest BCUT2D eigenvalue weighted by atomic mass is 9.77. The van der Waals surface area contributed by atoms with Gasteiger partial charge < -0.3 is 10.2 Å². The van der Waals surface area contributed by atoms with E-state index in [9.17, 15) is 4.39 Å². The third kappa shape index (κ3) is 4.19. The minimum atomic E-state index is -0.0861. The largest absolute Gasteiger partial charge is 0.369 e. The van der Waals surface area contributed by atoms with Crippen LogP contribution in [0.25, 0.3) is 0 Å². The molecule has 1 aliphatic heterocycles. The summed E-state index contributed by atoms with van der Waals surface area (Å²) >= 11 is 0. The highest BCUT2D eigenvalue weighted by Gasteiger charge is 2.27. The van der Waals surface area contributed by atoms with Crippen LogP contribution in [0.1, 0.15) is 45.6 Å². The highest BCUT2D eigenvalue weighted by atomic mass is 19.1. The predicted octanol–water partition coefficient (Wildman–Crippen LogP) is 4.20. The second-order valence-electron chi connectivity index (χ2n) is 7.30. The predicted molar refractivity (Wildman–Crippen MR) is 88.2 cm³/mol. The van der Waals surface area contributed by atoms with Gasteiger partial charge in [-0.3, -0.25) is 0 Å². The van der Waals surface area contributed by atoms with E-state index in [0.717, 1.165) is 43.1 Å². The second-order valence-corrected chi connectivity index (χ2v) is 7.30. The van der Waals surface area contributed by atoms with Crippen LogP contribution in [0.2, 0.25) is 0 Å². The first-order valence-corrected chi connectivity index (χ1v) is 8.10. The Kier molecular flexibility index (Phi) is 5.26. The summed E-state index contributed by atoms with van der Waals surface area (Å²) in [6, 6.07) is 5.64. The van der Waals surface area contributed by atoms with Gasteiger partial charge in [0.2, 0.25) is 0 Å². The molecule has 1 aromatic carbocycles. The van der Waals surface area contributed by atoms with Gasteiger partial charge in [0.15, 0.2) is 0 Å². The Balaban J connectivity index is 2.09. The van der Waals surface area contributed by atoms with Crippen molar-refractivity contribution in [2.75, 3.05) is 25.0 Å². The van der Waals surface area contributed by atoms with E-state index in [1.165, 1.54) is 6.42 Å². The van der Waals surface area contributed by atoms with Crippen molar-refractivity contribution in [1.29, 1.82) is 0 Å². The molecule has 1 aliphatic rings. The minimum Gasteiger partial charge on any atom is -0.369 e. The SMILES string of the molecule is CNCc1ccc(N2CCCC(C(C)(C)C)CC2)c(F)c1. The Labute approximate surface area is 128 Å². The van der Waals surface area contributed by atoms with Crippen molar-refractivity contribution in [3.63, 3.8) is 0 Å². The number of hydrogen-bond donors (Lipinski definition) is 1. The Morgan fingerprint density at radius 2 is 2.00 bits per heavy atom. The van der Waals surface area contributed by atoms with E-state index in [-0.39, 0.29) is 5.82 Å². The fourth-order valence-electron chi connectivity index (χ4n) is 3.32. The molecule has 21 heavy (non-hydrogen) atoms. The number of nitrogens with zero attached hydrogens (tertiary/aromatic N) is 1. The van der Waals surface area contributed by atoms with Gasteiger partial charge in [0, 0.05) is 19.6 Å². The summed E-state index contributed by atoms with van der Waals surface area (Å²) in [7, 11) is 1.88. The normalized spacial score (nSPS) is 20.4. The number of anilines is 1. The third-order valence-corrected chi connectivity index (χ3v) is 4.69. The molecule has 1 fully saturated rings. The van der Waals surface area contributed by atoms with Crippen LogP contribution in [0, 0.1) is 17.2 Å². The third-order valence-electron chi connectivity index (χ3n) is 4.69. The summed E-state index contributed by atoms with van der Waals surface area (Å²) in [6.45, 7) is 9.60. The zero-order valence-corrected chi connectivity index (χ0v) is 13.9. The molecule has 1 atom stereocenters. The number of rotatable bonds is 3. The van der Waals surface area contributed by atoms with Crippen LogP contribution in [-0.2, 0) is 6.54 Å². The van der Waals surface area contributed by atoms with Gasteiger partial charge in [-0.2, -0.15) is 0 Å². The van der Waals surface area contributed by atoms with Gasteiger partial charge >= 0.3 is 0 Å². The summed E-state index contributed by atoms with van der Waals surface area (Å²) in [5.74, 6) is 0.645. The topological polar surface area (TPSA) is 15.3 Å². The molecule has 1 saturated heterocycles. The van der Waals surface area contributed by atoms with Gasteiger partial charge in [0.1, 0.15) is 5.82 Å². The van der Waals surface area contributed by atoms with Crippen LogP contribution in [0.5, 0.6) is 0 Å². The molecule has 0 spiro atoms. The molecule has 0 radical (unpaired) electrons. The summed E-state index contributed by atoms with van der Waals surface area (Å²) in [4.78, 5) is 2.23. The fourth-order valence-corrected chi connectivity index (χ4v) is 3.32.